The molecule has 0 spiro atoms. The molecule has 0 saturated carbocycles. The molecule has 0 aliphatic carbocycles. The zero-order valence-electron chi connectivity index (χ0n) is 13.8. The summed E-state index contributed by atoms with van der Waals surface area (Å²) in [5, 5.41) is 18.7. The lowest BCUT2D eigenvalue weighted by Crippen LogP contribution is -2.34. The minimum absolute atomic E-state index is 0.0686. The lowest BCUT2D eigenvalue weighted by Gasteiger charge is -2.10. The Morgan fingerprint density at radius 3 is 2.08 bits per heavy atom. The molecule has 0 atom stereocenters. The zero-order valence-corrected chi connectivity index (χ0v) is 14.6. The first kappa shape index (κ1) is 19.0. The number of hydrogen-bond acceptors (Lipinski definition) is 5. The molecule has 8 nitrogen and oxygen atoms in total. The van der Waals surface area contributed by atoms with Gasteiger partial charge in [0.15, 0.2) is 5.11 Å². The third-order valence-corrected chi connectivity index (χ3v) is 3.51. The predicted octanol–water partition coefficient (Wildman–Crippen LogP) is 2.47. The van der Waals surface area contributed by atoms with Gasteiger partial charge in [-0.2, -0.15) is 0 Å². The van der Waals surface area contributed by atoms with E-state index in [-0.39, 0.29) is 22.3 Å². The predicted molar refractivity (Wildman–Crippen MR) is 101 cm³/mol. The van der Waals surface area contributed by atoms with Crippen LogP contribution in [0, 0.1) is 10.1 Å². The van der Waals surface area contributed by atoms with Crippen molar-refractivity contribution in [1.82, 2.24) is 10.6 Å². The van der Waals surface area contributed by atoms with Gasteiger partial charge < -0.3 is 10.6 Å². The second kappa shape index (κ2) is 8.67. The Bertz CT molecular complexity index is 835. The van der Waals surface area contributed by atoms with Crippen LogP contribution in [0.15, 0.2) is 48.5 Å². The average Bonchev–Trinajstić information content (AvgIpc) is 2.62. The number of hydrogen-bond donors (Lipinski definition) is 3. The summed E-state index contributed by atoms with van der Waals surface area (Å²) in [5.74, 6) is -0.663. The van der Waals surface area contributed by atoms with Gasteiger partial charge in [-0.1, -0.05) is 0 Å². The Morgan fingerprint density at radius 2 is 1.54 bits per heavy atom. The topological polar surface area (TPSA) is 113 Å². The van der Waals surface area contributed by atoms with E-state index in [0.717, 1.165) is 0 Å². The van der Waals surface area contributed by atoms with Crippen LogP contribution in [0.3, 0.4) is 0 Å². The molecule has 0 fully saturated rings. The number of nitro benzene ring substituents is 1. The quantitative estimate of drug-likeness (QED) is 0.422. The molecule has 2 aromatic carbocycles. The van der Waals surface area contributed by atoms with Gasteiger partial charge in [0.1, 0.15) is 0 Å². The Balaban J connectivity index is 1.94. The third kappa shape index (κ3) is 5.08. The fourth-order valence-electron chi connectivity index (χ4n) is 2.04. The van der Waals surface area contributed by atoms with Gasteiger partial charge in [0.2, 0.25) is 0 Å². The number of carbonyl (C=O) groups is 2. The number of nitro groups is 1. The molecule has 0 aliphatic heterocycles. The van der Waals surface area contributed by atoms with Gasteiger partial charge in [0, 0.05) is 35.5 Å². The summed E-state index contributed by atoms with van der Waals surface area (Å²) in [6.45, 7) is 2.37. The second-order valence-electron chi connectivity index (χ2n) is 5.15. The summed E-state index contributed by atoms with van der Waals surface area (Å²) in [6.07, 6.45) is 0. The molecule has 0 heterocycles. The molecule has 9 heteroatoms. The lowest BCUT2D eigenvalue weighted by molar-refractivity contribution is -0.384. The first-order valence-corrected chi connectivity index (χ1v) is 8.06. The molecule has 134 valence electrons. The first-order chi connectivity index (χ1) is 12.4. The van der Waals surface area contributed by atoms with Crippen molar-refractivity contribution in [1.29, 1.82) is 0 Å². The second-order valence-corrected chi connectivity index (χ2v) is 5.56. The Kier molecular flexibility index (Phi) is 6.34. The van der Waals surface area contributed by atoms with E-state index in [1.54, 1.807) is 24.3 Å². The molecule has 3 N–H and O–H groups in total. The van der Waals surface area contributed by atoms with Crippen LogP contribution in [-0.4, -0.2) is 28.4 Å². The summed E-state index contributed by atoms with van der Waals surface area (Å²) in [6, 6.07) is 11.8. The average molecular weight is 372 g/mol. The van der Waals surface area contributed by atoms with E-state index in [2.05, 4.69) is 16.0 Å². The van der Waals surface area contributed by atoms with Crippen LogP contribution in [0.25, 0.3) is 0 Å². The monoisotopic (exact) mass is 372 g/mol. The van der Waals surface area contributed by atoms with E-state index >= 15 is 0 Å². The normalized spacial score (nSPS) is 9.88. The molecular formula is C17H16N4O4S. The van der Waals surface area contributed by atoms with Crippen LogP contribution in [0.5, 0.6) is 0 Å². The highest BCUT2D eigenvalue weighted by Crippen LogP contribution is 2.12. The van der Waals surface area contributed by atoms with Crippen molar-refractivity contribution in [3.63, 3.8) is 0 Å². The summed E-state index contributed by atoms with van der Waals surface area (Å²) in [5.41, 5.74) is 1.26. The molecule has 2 rings (SSSR count). The van der Waals surface area contributed by atoms with Crippen molar-refractivity contribution in [2.75, 3.05) is 11.9 Å². The van der Waals surface area contributed by atoms with Crippen molar-refractivity contribution in [2.24, 2.45) is 0 Å². The molecule has 0 radical (unpaired) electrons. The molecule has 0 aliphatic rings. The zero-order chi connectivity index (χ0) is 19.1. The standard InChI is InChI=1S/C17H16N4O4S/c1-2-18-15(22)11-3-7-13(8-4-11)19-17(26)20-16(23)12-5-9-14(10-6-12)21(24)25/h3-10H,2H2,1H3,(H,18,22)(H2,19,20,23,26). The number of thiocarbonyl (C=S) groups is 1. The minimum atomic E-state index is -0.543. The fraction of sp³-hybridized carbons (Fsp3) is 0.118. The van der Waals surface area contributed by atoms with E-state index < -0.39 is 10.8 Å². The van der Waals surface area contributed by atoms with Gasteiger partial charge in [-0.3, -0.25) is 25.0 Å². The Morgan fingerprint density at radius 1 is 1.00 bits per heavy atom. The Labute approximate surface area is 154 Å². The van der Waals surface area contributed by atoms with E-state index in [1.165, 1.54) is 24.3 Å². The maximum Gasteiger partial charge on any atom is 0.269 e. The highest BCUT2D eigenvalue weighted by Gasteiger charge is 2.11. The number of anilines is 1. The highest BCUT2D eigenvalue weighted by molar-refractivity contribution is 7.80. The van der Waals surface area contributed by atoms with Crippen LogP contribution >= 0.6 is 12.2 Å². The molecule has 0 bridgehead atoms. The van der Waals surface area contributed by atoms with Crippen LogP contribution < -0.4 is 16.0 Å². The van der Waals surface area contributed by atoms with Crippen LogP contribution in [0.1, 0.15) is 27.6 Å². The van der Waals surface area contributed by atoms with Gasteiger partial charge >= 0.3 is 0 Å². The van der Waals surface area contributed by atoms with Crippen molar-refractivity contribution < 1.29 is 14.5 Å². The van der Waals surface area contributed by atoms with Gasteiger partial charge in [-0.15, -0.1) is 0 Å². The van der Waals surface area contributed by atoms with Crippen molar-refractivity contribution >= 4 is 40.5 Å². The van der Waals surface area contributed by atoms with Crippen molar-refractivity contribution in [3.05, 3.63) is 69.8 Å². The fourth-order valence-corrected chi connectivity index (χ4v) is 2.25. The summed E-state index contributed by atoms with van der Waals surface area (Å²) < 4.78 is 0. The SMILES string of the molecule is CCNC(=O)c1ccc(NC(=S)NC(=O)c2ccc([N+](=O)[O-])cc2)cc1. The summed E-state index contributed by atoms with van der Waals surface area (Å²) in [7, 11) is 0. The van der Waals surface area contributed by atoms with Gasteiger partial charge in [-0.25, -0.2) is 0 Å². The number of nitrogens with one attached hydrogen (secondary N) is 3. The van der Waals surface area contributed by atoms with Gasteiger partial charge in [-0.05, 0) is 55.5 Å². The van der Waals surface area contributed by atoms with E-state index in [4.69, 9.17) is 12.2 Å². The van der Waals surface area contributed by atoms with Crippen LogP contribution in [0.4, 0.5) is 11.4 Å². The molecule has 2 amide bonds. The maximum atomic E-state index is 12.1. The first-order valence-electron chi connectivity index (χ1n) is 7.65. The maximum absolute atomic E-state index is 12.1. The molecule has 26 heavy (non-hydrogen) atoms. The lowest BCUT2D eigenvalue weighted by atomic mass is 10.2. The van der Waals surface area contributed by atoms with E-state index in [0.29, 0.717) is 17.8 Å². The number of rotatable bonds is 5. The van der Waals surface area contributed by atoms with Gasteiger partial charge in [0.05, 0.1) is 4.92 Å². The van der Waals surface area contributed by atoms with E-state index in [9.17, 15) is 19.7 Å². The number of carbonyl (C=O) groups excluding carboxylic acids is 2. The largest absolute Gasteiger partial charge is 0.352 e. The number of amides is 2. The smallest absolute Gasteiger partial charge is 0.269 e. The van der Waals surface area contributed by atoms with Crippen LogP contribution in [0.2, 0.25) is 0 Å². The van der Waals surface area contributed by atoms with Crippen molar-refractivity contribution in [2.45, 2.75) is 6.92 Å². The molecule has 0 aromatic heterocycles. The number of benzene rings is 2. The number of nitrogens with zero attached hydrogens (tertiary/aromatic N) is 1. The van der Waals surface area contributed by atoms with E-state index in [1.807, 2.05) is 6.92 Å². The summed E-state index contributed by atoms with van der Waals surface area (Å²) >= 11 is 5.08. The van der Waals surface area contributed by atoms with Crippen LogP contribution in [-0.2, 0) is 0 Å². The third-order valence-electron chi connectivity index (χ3n) is 3.31. The Hall–Kier alpha value is -3.33. The highest BCUT2D eigenvalue weighted by atomic mass is 32.1. The van der Waals surface area contributed by atoms with Crippen molar-refractivity contribution in [3.8, 4) is 0 Å². The number of non-ortho nitro benzene ring substituents is 1. The van der Waals surface area contributed by atoms with Gasteiger partial charge in [0.25, 0.3) is 17.5 Å². The molecule has 0 unspecified atom stereocenters. The molecule has 2 aromatic rings. The molecular weight excluding hydrogens is 356 g/mol. The molecule has 0 saturated heterocycles. The summed E-state index contributed by atoms with van der Waals surface area (Å²) in [4.78, 5) is 33.8. The minimum Gasteiger partial charge on any atom is -0.352 e.